The Balaban J connectivity index is 1.55. The fourth-order valence-corrected chi connectivity index (χ4v) is 2.58. The molecular weight excluding hydrogens is 337 g/mol. The van der Waals surface area contributed by atoms with Crippen molar-refractivity contribution in [3.05, 3.63) is 34.6 Å². The number of hydrogen-bond donors (Lipinski definition) is 2. The van der Waals surface area contributed by atoms with Crippen LogP contribution in [0.15, 0.2) is 33.7 Å². The number of nitrogens with one attached hydrogen (secondary N) is 2. The highest BCUT2D eigenvalue weighted by atomic mass is 16.7. The summed E-state index contributed by atoms with van der Waals surface area (Å²) in [5.74, 6) is 0.108. The molecule has 1 aliphatic heterocycles. The molecule has 1 aliphatic rings. The lowest BCUT2D eigenvalue weighted by molar-refractivity contribution is 0.00578. The van der Waals surface area contributed by atoms with Gasteiger partial charge in [-0.05, 0) is 55.6 Å². The molecule has 134 valence electrons. The third-order valence-corrected chi connectivity index (χ3v) is 4.83. The molecule has 0 spiro atoms. The second-order valence-corrected chi connectivity index (χ2v) is 7.19. The molecular formula is C16H18BN5O4. The van der Waals surface area contributed by atoms with E-state index in [-0.39, 0.29) is 17.1 Å². The van der Waals surface area contributed by atoms with Gasteiger partial charge in [0.1, 0.15) is 0 Å². The molecule has 10 heteroatoms. The van der Waals surface area contributed by atoms with Crippen molar-refractivity contribution in [1.29, 1.82) is 0 Å². The number of H-pyrrole nitrogens is 1. The van der Waals surface area contributed by atoms with Gasteiger partial charge in [-0.15, -0.1) is 0 Å². The molecule has 3 heterocycles. The molecule has 0 amide bonds. The first-order valence-electron chi connectivity index (χ1n) is 8.20. The highest BCUT2D eigenvalue weighted by Crippen LogP contribution is 2.36. The largest absolute Gasteiger partial charge is 0.494 e. The van der Waals surface area contributed by atoms with Gasteiger partial charge in [-0.25, -0.2) is 4.63 Å². The Kier molecular flexibility index (Phi) is 3.63. The quantitative estimate of drug-likeness (QED) is 0.677. The molecule has 26 heavy (non-hydrogen) atoms. The van der Waals surface area contributed by atoms with E-state index in [1.165, 1.54) is 0 Å². The normalized spacial score (nSPS) is 18.4. The van der Waals surface area contributed by atoms with Crippen molar-refractivity contribution in [2.75, 3.05) is 5.32 Å². The van der Waals surface area contributed by atoms with Crippen molar-refractivity contribution in [3.63, 3.8) is 0 Å². The molecule has 4 rings (SSSR count). The summed E-state index contributed by atoms with van der Waals surface area (Å²) >= 11 is 0. The number of aromatic amines is 1. The number of anilines is 2. The van der Waals surface area contributed by atoms with Crippen molar-refractivity contribution in [1.82, 2.24) is 20.3 Å². The molecule has 1 fully saturated rings. The molecule has 1 aromatic carbocycles. The molecule has 0 unspecified atom stereocenters. The van der Waals surface area contributed by atoms with E-state index >= 15 is 0 Å². The van der Waals surface area contributed by atoms with Gasteiger partial charge in [0.25, 0.3) is 5.56 Å². The topological polar surface area (TPSA) is 115 Å². The summed E-state index contributed by atoms with van der Waals surface area (Å²) in [6.07, 6.45) is 0. The van der Waals surface area contributed by atoms with E-state index in [2.05, 4.69) is 30.2 Å². The SMILES string of the molecule is CC1(C)OB(c2ccc(Nc3nc4nonc4[nH]c3=O)cc2)OC1(C)C. The monoisotopic (exact) mass is 355 g/mol. The predicted octanol–water partition coefficient (Wildman–Crippen LogP) is 1.35. The summed E-state index contributed by atoms with van der Waals surface area (Å²) in [6, 6.07) is 7.42. The summed E-state index contributed by atoms with van der Waals surface area (Å²) in [5.41, 5.74) is 0.812. The van der Waals surface area contributed by atoms with Crippen LogP contribution in [0, 0.1) is 0 Å². The standard InChI is InChI=1S/C16H18BN5O4/c1-15(2)16(3,4)25-17(24-15)9-5-7-10(8-6-9)18-13-14(23)20-12-11(19-13)21-26-22-12/h5-8H,1-4H3,(H,18,19,21)(H,20,22,23). The van der Waals surface area contributed by atoms with Crippen LogP contribution in [-0.2, 0) is 9.31 Å². The zero-order valence-corrected chi connectivity index (χ0v) is 14.9. The van der Waals surface area contributed by atoms with E-state index < -0.39 is 23.9 Å². The third kappa shape index (κ3) is 2.76. The number of fused-ring (bicyclic) bond motifs is 1. The van der Waals surface area contributed by atoms with Crippen molar-refractivity contribution in [2.45, 2.75) is 38.9 Å². The lowest BCUT2D eigenvalue weighted by atomic mass is 9.79. The van der Waals surface area contributed by atoms with Gasteiger partial charge in [0.15, 0.2) is 5.82 Å². The smallest absolute Gasteiger partial charge is 0.399 e. The third-order valence-electron chi connectivity index (χ3n) is 4.83. The molecule has 2 N–H and O–H groups in total. The summed E-state index contributed by atoms with van der Waals surface area (Å²) < 4.78 is 16.6. The molecule has 0 radical (unpaired) electrons. The van der Waals surface area contributed by atoms with Gasteiger partial charge in [-0.2, -0.15) is 4.98 Å². The van der Waals surface area contributed by atoms with Gasteiger partial charge in [-0.3, -0.25) is 9.78 Å². The highest BCUT2D eigenvalue weighted by Gasteiger charge is 2.51. The van der Waals surface area contributed by atoms with Crippen molar-refractivity contribution < 1.29 is 13.9 Å². The number of rotatable bonds is 3. The van der Waals surface area contributed by atoms with E-state index in [1.807, 2.05) is 52.0 Å². The summed E-state index contributed by atoms with van der Waals surface area (Å²) in [5, 5.41) is 10.1. The van der Waals surface area contributed by atoms with E-state index in [1.54, 1.807) is 0 Å². The summed E-state index contributed by atoms with van der Waals surface area (Å²) in [6.45, 7) is 8.04. The van der Waals surface area contributed by atoms with Crippen LogP contribution < -0.4 is 16.3 Å². The Labute approximate surface area is 149 Å². The maximum atomic E-state index is 12.0. The Morgan fingerprint density at radius 2 is 1.69 bits per heavy atom. The first-order chi connectivity index (χ1) is 12.2. The van der Waals surface area contributed by atoms with Gasteiger partial charge in [0.2, 0.25) is 11.3 Å². The molecule has 1 saturated heterocycles. The van der Waals surface area contributed by atoms with Gasteiger partial charge < -0.3 is 14.6 Å². The van der Waals surface area contributed by atoms with Crippen LogP contribution in [-0.4, -0.2) is 38.6 Å². The van der Waals surface area contributed by atoms with Crippen LogP contribution in [0.5, 0.6) is 0 Å². The van der Waals surface area contributed by atoms with Crippen LogP contribution in [0.1, 0.15) is 27.7 Å². The minimum atomic E-state index is -0.437. The lowest BCUT2D eigenvalue weighted by Crippen LogP contribution is -2.41. The molecule has 0 bridgehead atoms. The van der Waals surface area contributed by atoms with Crippen LogP contribution >= 0.6 is 0 Å². The number of benzene rings is 1. The Morgan fingerprint density at radius 3 is 2.35 bits per heavy atom. The van der Waals surface area contributed by atoms with Crippen molar-refractivity contribution in [2.24, 2.45) is 0 Å². The number of hydrogen-bond acceptors (Lipinski definition) is 8. The van der Waals surface area contributed by atoms with Gasteiger partial charge in [0, 0.05) is 5.69 Å². The zero-order valence-electron chi connectivity index (χ0n) is 14.9. The van der Waals surface area contributed by atoms with Crippen LogP contribution in [0.4, 0.5) is 11.5 Å². The average molecular weight is 355 g/mol. The number of nitrogens with zero attached hydrogens (tertiary/aromatic N) is 3. The second kappa shape index (κ2) is 5.65. The fraction of sp³-hybridized carbons (Fsp3) is 0.375. The summed E-state index contributed by atoms with van der Waals surface area (Å²) in [7, 11) is -0.437. The minimum absolute atomic E-state index is 0.108. The Hall–Kier alpha value is -2.72. The minimum Gasteiger partial charge on any atom is -0.399 e. The molecule has 0 atom stereocenters. The zero-order chi connectivity index (χ0) is 18.5. The second-order valence-electron chi connectivity index (χ2n) is 7.19. The molecule has 2 aromatic heterocycles. The maximum absolute atomic E-state index is 12.0. The van der Waals surface area contributed by atoms with Crippen molar-refractivity contribution in [3.8, 4) is 0 Å². The average Bonchev–Trinajstić information content (AvgIpc) is 3.09. The van der Waals surface area contributed by atoms with E-state index in [9.17, 15) is 4.79 Å². The summed E-state index contributed by atoms with van der Waals surface area (Å²) in [4.78, 5) is 18.7. The van der Waals surface area contributed by atoms with Crippen LogP contribution in [0.25, 0.3) is 11.3 Å². The van der Waals surface area contributed by atoms with Crippen molar-refractivity contribution >= 4 is 35.4 Å². The lowest BCUT2D eigenvalue weighted by Gasteiger charge is -2.32. The highest BCUT2D eigenvalue weighted by molar-refractivity contribution is 6.62. The molecule has 9 nitrogen and oxygen atoms in total. The maximum Gasteiger partial charge on any atom is 0.494 e. The first-order valence-corrected chi connectivity index (χ1v) is 8.20. The van der Waals surface area contributed by atoms with Gasteiger partial charge in [-0.1, -0.05) is 12.1 Å². The van der Waals surface area contributed by atoms with E-state index in [0.717, 1.165) is 5.46 Å². The van der Waals surface area contributed by atoms with Crippen LogP contribution in [0.2, 0.25) is 0 Å². The van der Waals surface area contributed by atoms with E-state index in [0.29, 0.717) is 5.69 Å². The number of aromatic nitrogens is 4. The molecule has 0 saturated carbocycles. The molecule has 3 aromatic rings. The fourth-order valence-electron chi connectivity index (χ4n) is 2.58. The van der Waals surface area contributed by atoms with Gasteiger partial charge in [0.05, 0.1) is 11.2 Å². The van der Waals surface area contributed by atoms with Crippen LogP contribution in [0.3, 0.4) is 0 Å². The van der Waals surface area contributed by atoms with Gasteiger partial charge >= 0.3 is 7.12 Å². The Bertz CT molecular complexity index is 995. The Morgan fingerprint density at radius 1 is 1.04 bits per heavy atom. The van der Waals surface area contributed by atoms with E-state index in [4.69, 9.17) is 9.31 Å². The predicted molar refractivity (Wildman–Crippen MR) is 95.7 cm³/mol. The first kappa shape index (κ1) is 16.7. The molecule has 0 aliphatic carbocycles.